The van der Waals surface area contributed by atoms with Crippen molar-refractivity contribution in [2.45, 2.75) is 6.54 Å². The third-order valence-corrected chi connectivity index (χ3v) is 2.52. The Morgan fingerprint density at radius 3 is 2.87 bits per heavy atom. The number of piperazine rings is 1. The summed E-state index contributed by atoms with van der Waals surface area (Å²) >= 11 is 0. The minimum atomic E-state index is 0.664. The minimum absolute atomic E-state index is 0.664. The van der Waals surface area contributed by atoms with Crippen molar-refractivity contribution in [3.63, 3.8) is 0 Å². The lowest BCUT2D eigenvalue weighted by atomic mass is 10.2. The summed E-state index contributed by atoms with van der Waals surface area (Å²) in [6.45, 7) is 3.38. The Morgan fingerprint density at radius 2 is 2.13 bits per heavy atom. The van der Waals surface area contributed by atoms with Gasteiger partial charge in [0.05, 0.1) is 0 Å². The predicted molar refractivity (Wildman–Crippen MR) is 58.9 cm³/mol. The lowest BCUT2D eigenvalue weighted by Gasteiger charge is -2.27. The van der Waals surface area contributed by atoms with Gasteiger partial charge in [-0.15, -0.1) is 0 Å². The van der Waals surface area contributed by atoms with Crippen molar-refractivity contribution in [1.82, 2.24) is 10.2 Å². The highest BCUT2D eigenvalue weighted by molar-refractivity contribution is 5.52. The molecule has 0 aliphatic carbocycles. The van der Waals surface area contributed by atoms with Crippen molar-refractivity contribution in [2.24, 2.45) is 0 Å². The Labute approximate surface area is 89.4 Å². The van der Waals surface area contributed by atoms with E-state index in [1.165, 1.54) is 5.56 Å². The van der Waals surface area contributed by atoms with Gasteiger partial charge in [-0.05, 0) is 5.56 Å². The first-order valence-corrected chi connectivity index (χ1v) is 5.12. The number of nitrogens with one attached hydrogen (secondary N) is 1. The Morgan fingerprint density at radius 1 is 1.33 bits per heavy atom. The summed E-state index contributed by atoms with van der Waals surface area (Å²) in [7, 11) is 0. The molecule has 0 radical (unpaired) electrons. The number of hydrogen-bond donors (Lipinski definition) is 1. The van der Waals surface area contributed by atoms with Crippen molar-refractivity contribution in [3.05, 3.63) is 41.6 Å². The topological polar surface area (TPSA) is 32.3 Å². The predicted octanol–water partition coefficient (Wildman–Crippen LogP) is 0.807. The van der Waals surface area contributed by atoms with E-state index >= 15 is 0 Å². The number of benzene rings is 1. The van der Waals surface area contributed by atoms with E-state index in [1.54, 1.807) is 0 Å². The zero-order chi connectivity index (χ0) is 10.5. The van der Waals surface area contributed by atoms with Crippen LogP contribution in [0.15, 0.2) is 36.0 Å². The fraction of sp³-hybridized carbons (Fsp3) is 0.333. The summed E-state index contributed by atoms with van der Waals surface area (Å²) < 4.78 is 0. The largest absolute Gasteiger partial charge is 0.377 e. The van der Waals surface area contributed by atoms with Crippen molar-refractivity contribution >= 4 is 5.94 Å². The molecule has 1 aromatic carbocycles. The maximum Gasteiger partial charge on any atom is 0.146 e. The summed E-state index contributed by atoms with van der Waals surface area (Å²) in [6, 6.07) is 10.3. The molecule has 1 heterocycles. The van der Waals surface area contributed by atoms with Crippen LogP contribution in [0.3, 0.4) is 0 Å². The monoisotopic (exact) mass is 202 g/mol. The van der Waals surface area contributed by atoms with Gasteiger partial charge in [0.1, 0.15) is 11.6 Å². The van der Waals surface area contributed by atoms with E-state index in [4.69, 9.17) is 0 Å². The molecule has 0 saturated carbocycles. The molecule has 1 aliphatic rings. The number of hydrogen-bond acceptors (Lipinski definition) is 3. The molecule has 0 amide bonds. The number of nitrogens with zero attached hydrogens (tertiary/aromatic N) is 1. The molecule has 1 aliphatic heterocycles. The summed E-state index contributed by atoms with van der Waals surface area (Å²) in [5.41, 5.74) is 1.95. The molecule has 1 fully saturated rings. The van der Waals surface area contributed by atoms with Crippen LogP contribution in [0.4, 0.5) is 0 Å². The first-order chi connectivity index (χ1) is 7.38. The molecule has 1 N–H and O–H groups in total. The maximum atomic E-state index is 10.5. The van der Waals surface area contributed by atoms with Crippen LogP contribution in [0, 0.1) is 0 Å². The highest BCUT2D eigenvalue weighted by Gasteiger charge is 2.13. The average Bonchev–Trinajstić information content (AvgIpc) is 2.31. The number of carbonyl (C=O) groups excluding carboxylic acids is 1. The molecule has 3 nitrogen and oxygen atoms in total. The van der Waals surface area contributed by atoms with Gasteiger partial charge in [-0.3, -0.25) is 4.90 Å². The third-order valence-electron chi connectivity index (χ3n) is 2.52. The molecule has 0 aromatic heterocycles. The molecule has 0 bridgehead atoms. The van der Waals surface area contributed by atoms with E-state index in [2.05, 4.69) is 22.3 Å². The molecule has 78 valence electrons. The van der Waals surface area contributed by atoms with Gasteiger partial charge in [-0.25, -0.2) is 4.79 Å². The summed E-state index contributed by atoms with van der Waals surface area (Å²) in [5, 5.41) is 3.04. The first-order valence-electron chi connectivity index (χ1n) is 5.12. The summed E-state index contributed by atoms with van der Waals surface area (Å²) in [6.07, 6.45) is 0. The van der Waals surface area contributed by atoms with Crippen LogP contribution in [0.5, 0.6) is 0 Å². The fourth-order valence-corrected chi connectivity index (χ4v) is 1.77. The van der Waals surface area contributed by atoms with Gasteiger partial charge >= 0.3 is 0 Å². The fourth-order valence-electron chi connectivity index (χ4n) is 1.77. The average molecular weight is 202 g/mol. The van der Waals surface area contributed by atoms with E-state index in [0.717, 1.165) is 19.6 Å². The lowest BCUT2D eigenvalue weighted by molar-refractivity contribution is 0.260. The smallest absolute Gasteiger partial charge is 0.146 e. The molecule has 15 heavy (non-hydrogen) atoms. The lowest BCUT2D eigenvalue weighted by Crippen LogP contribution is -2.41. The molecule has 1 saturated heterocycles. The van der Waals surface area contributed by atoms with Crippen molar-refractivity contribution in [2.75, 3.05) is 19.6 Å². The molecular formula is C12H14N2O. The van der Waals surface area contributed by atoms with Crippen LogP contribution in [0.25, 0.3) is 0 Å². The Bertz CT molecular complexity index is 368. The zero-order valence-electron chi connectivity index (χ0n) is 8.57. The first kappa shape index (κ1) is 9.97. The Kier molecular flexibility index (Phi) is 3.18. The van der Waals surface area contributed by atoms with E-state index in [1.807, 2.05) is 24.1 Å². The van der Waals surface area contributed by atoms with Gasteiger partial charge < -0.3 is 5.32 Å². The minimum Gasteiger partial charge on any atom is -0.377 e. The van der Waals surface area contributed by atoms with Crippen molar-refractivity contribution in [3.8, 4) is 0 Å². The second kappa shape index (κ2) is 4.78. The molecular weight excluding hydrogens is 188 g/mol. The van der Waals surface area contributed by atoms with Gasteiger partial charge in [0.25, 0.3) is 0 Å². The van der Waals surface area contributed by atoms with Crippen LogP contribution < -0.4 is 5.32 Å². The second-order valence-corrected chi connectivity index (χ2v) is 3.70. The van der Waals surface area contributed by atoms with Crippen LogP contribution >= 0.6 is 0 Å². The molecule has 0 atom stereocenters. The zero-order valence-corrected chi connectivity index (χ0v) is 8.57. The Balaban J connectivity index is 1.98. The van der Waals surface area contributed by atoms with Gasteiger partial charge in [0, 0.05) is 26.2 Å². The van der Waals surface area contributed by atoms with Gasteiger partial charge in [-0.1, -0.05) is 30.3 Å². The standard InChI is InChI=1S/C12H14N2O/c15-10-12-9-14(7-6-13-12)8-11-4-2-1-3-5-11/h1-5,13H,6-9H2. The number of rotatable bonds is 2. The van der Waals surface area contributed by atoms with Crippen LogP contribution in [0.2, 0.25) is 0 Å². The molecule has 0 unspecified atom stereocenters. The molecule has 2 rings (SSSR count). The third kappa shape index (κ3) is 2.69. The van der Waals surface area contributed by atoms with E-state index < -0.39 is 0 Å². The van der Waals surface area contributed by atoms with Gasteiger partial charge in [0.2, 0.25) is 0 Å². The highest BCUT2D eigenvalue weighted by atomic mass is 16.1. The second-order valence-electron chi connectivity index (χ2n) is 3.70. The molecule has 1 aromatic rings. The molecule has 3 heteroatoms. The van der Waals surface area contributed by atoms with E-state index in [-0.39, 0.29) is 0 Å². The summed E-state index contributed by atoms with van der Waals surface area (Å²) in [4.78, 5) is 12.7. The quantitative estimate of drug-likeness (QED) is 0.720. The summed E-state index contributed by atoms with van der Waals surface area (Å²) in [5.74, 6) is 1.93. The van der Waals surface area contributed by atoms with Crippen molar-refractivity contribution in [1.29, 1.82) is 0 Å². The van der Waals surface area contributed by atoms with Crippen LogP contribution in [-0.4, -0.2) is 30.5 Å². The van der Waals surface area contributed by atoms with Crippen LogP contribution in [-0.2, 0) is 11.3 Å². The molecule has 0 spiro atoms. The Hall–Kier alpha value is -1.57. The van der Waals surface area contributed by atoms with Gasteiger partial charge in [-0.2, -0.15) is 0 Å². The SMILES string of the molecule is O=C=C1CN(Cc2ccccc2)CCN1. The maximum absolute atomic E-state index is 10.5. The van der Waals surface area contributed by atoms with Crippen molar-refractivity contribution < 1.29 is 4.79 Å². The van der Waals surface area contributed by atoms with E-state index in [0.29, 0.717) is 12.2 Å². The normalized spacial score (nSPS) is 16.9. The van der Waals surface area contributed by atoms with Gasteiger partial charge in [0.15, 0.2) is 0 Å². The highest BCUT2D eigenvalue weighted by Crippen LogP contribution is 2.07. The van der Waals surface area contributed by atoms with Crippen LogP contribution in [0.1, 0.15) is 5.56 Å². The van der Waals surface area contributed by atoms with E-state index in [9.17, 15) is 4.79 Å².